The standard InChI is InChI=1S/C21H26ClFO4/c1-18-7-5-13(25)9-12(18)3-4-15-14-6-8-20(27,17(26)11-24)19(14,2)10-16(23)21(15,18)22/h3-4,9,14-16,24,27H,5-8,10-11H2,1-2H3/t14-,15-,16-,18-,19-,20-,21-/m0/s1. The maximum atomic E-state index is 15.8. The summed E-state index contributed by atoms with van der Waals surface area (Å²) in [5.41, 5.74) is -2.62. The molecule has 0 aromatic rings. The molecule has 148 valence electrons. The molecule has 4 aliphatic rings. The van der Waals surface area contributed by atoms with E-state index in [2.05, 4.69) is 0 Å². The molecular formula is C21H26ClFO4. The number of rotatable bonds is 2. The summed E-state index contributed by atoms with van der Waals surface area (Å²) in [7, 11) is 0. The molecule has 6 heteroatoms. The van der Waals surface area contributed by atoms with Gasteiger partial charge in [-0.3, -0.25) is 9.59 Å². The minimum absolute atomic E-state index is 0.0330. The summed E-state index contributed by atoms with van der Waals surface area (Å²) in [5.74, 6) is -1.14. The molecule has 7 atom stereocenters. The molecular weight excluding hydrogens is 371 g/mol. The van der Waals surface area contributed by atoms with Gasteiger partial charge in [-0.15, -0.1) is 11.6 Å². The zero-order valence-electron chi connectivity index (χ0n) is 15.7. The van der Waals surface area contributed by atoms with Crippen LogP contribution in [0.15, 0.2) is 23.8 Å². The van der Waals surface area contributed by atoms with Crippen molar-refractivity contribution in [2.24, 2.45) is 22.7 Å². The van der Waals surface area contributed by atoms with Gasteiger partial charge in [0.1, 0.15) is 18.4 Å². The van der Waals surface area contributed by atoms with E-state index in [1.165, 1.54) is 0 Å². The number of ketones is 2. The second kappa shape index (κ2) is 5.74. The van der Waals surface area contributed by atoms with Gasteiger partial charge in [0.25, 0.3) is 0 Å². The summed E-state index contributed by atoms with van der Waals surface area (Å²) < 4.78 is 15.8. The molecule has 0 heterocycles. The lowest BCUT2D eigenvalue weighted by molar-refractivity contribution is -0.165. The number of fused-ring (bicyclic) bond motifs is 5. The third kappa shape index (κ3) is 2.11. The predicted octanol–water partition coefficient (Wildman–Crippen LogP) is 2.90. The van der Waals surface area contributed by atoms with Gasteiger partial charge in [-0.25, -0.2) is 4.39 Å². The van der Waals surface area contributed by atoms with Crippen LogP contribution in [0.3, 0.4) is 0 Å². The second-order valence-corrected chi connectivity index (χ2v) is 9.85. The number of hydrogen-bond donors (Lipinski definition) is 2. The fourth-order valence-electron chi connectivity index (χ4n) is 6.54. The first-order valence-corrected chi connectivity index (χ1v) is 10.0. The minimum atomic E-state index is -1.73. The Labute approximate surface area is 163 Å². The van der Waals surface area contributed by atoms with Crippen LogP contribution in [0.2, 0.25) is 0 Å². The van der Waals surface area contributed by atoms with Crippen LogP contribution >= 0.6 is 11.6 Å². The number of aliphatic hydroxyl groups is 2. The van der Waals surface area contributed by atoms with Crippen LogP contribution < -0.4 is 0 Å². The van der Waals surface area contributed by atoms with Crippen molar-refractivity contribution in [1.82, 2.24) is 0 Å². The molecule has 0 bridgehead atoms. The zero-order chi connectivity index (χ0) is 19.8. The molecule has 2 saturated carbocycles. The van der Waals surface area contributed by atoms with Crippen molar-refractivity contribution in [2.45, 2.75) is 62.6 Å². The SMILES string of the molecule is C[C@]12CCC(=O)C=C1C=C[C@H]1[C@@H]3CC[C@](O)(C(=O)CO)[C@@]3(C)C[C@H](F)[C@@]12Cl. The van der Waals surface area contributed by atoms with Gasteiger partial charge in [0.2, 0.25) is 0 Å². The minimum Gasteiger partial charge on any atom is -0.388 e. The topological polar surface area (TPSA) is 74.6 Å². The summed E-state index contributed by atoms with van der Waals surface area (Å²) in [6.07, 6.45) is 5.44. The number of aliphatic hydroxyl groups excluding tert-OH is 1. The van der Waals surface area contributed by atoms with E-state index in [1.807, 2.05) is 19.1 Å². The molecule has 2 N–H and O–H groups in total. The van der Waals surface area contributed by atoms with E-state index in [4.69, 9.17) is 11.6 Å². The first-order valence-electron chi connectivity index (χ1n) is 9.67. The Morgan fingerprint density at radius 3 is 2.74 bits per heavy atom. The van der Waals surface area contributed by atoms with Crippen molar-refractivity contribution in [2.75, 3.05) is 6.61 Å². The second-order valence-electron chi connectivity index (χ2n) is 9.23. The molecule has 0 radical (unpaired) electrons. The summed E-state index contributed by atoms with van der Waals surface area (Å²) in [6, 6.07) is 0. The third-order valence-corrected chi connectivity index (χ3v) is 9.22. The highest BCUT2D eigenvalue weighted by Crippen LogP contribution is 2.70. The Bertz CT molecular complexity index is 778. The van der Waals surface area contributed by atoms with E-state index in [0.717, 1.165) is 5.57 Å². The van der Waals surface area contributed by atoms with Crippen molar-refractivity contribution in [1.29, 1.82) is 0 Å². The van der Waals surface area contributed by atoms with Crippen molar-refractivity contribution in [3.8, 4) is 0 Å². The summed E-state index contributed by atoms with van der Waals surface area (Å²) in [4.78, 5) is 23.0. The largest absolute Gasteiger partial charge is 0.388 e. The third-order valence-electron chi connectivity index (χ3n) is 8.32. The molecule has 0 saturated heterocycles. The number of hydrogen-bond acceptors (Lipinski definition) is 4. The average molecular weight is 397 g/mol. The number of Topliss-reactive ketones (excluding diaryl/α,β-unsaturated/α-hetero) is 1. The Balaban J connectivity index is 1.84. The lowest BCUT2D eigenvalue weighted by atomic mass is 9.47. The number of carbonyl (C=O) groups excluding carboxylic acids is 2. The molecule has 0 aliphatic heterocycles. The summed E-state index contributed by atoms with van der Waals surface area (Å²) >= 11 is 7.13. The number of alkyl halides is 2. The molecule has 0 amide bonds. The molecule has 4 aliphatic carbocycles. The molecule has 0 aromatic heterocycles. The molecule has 27 heavy (non-hydrogen) atoms. The normalized spacial score (nSPS) is 51.3. The molecule has 4 rings (SSSR count). The predicted molar refractivity (Wildman–Crippen MR) is 99.0 cm³/mol. The van der Waals surface area contributed by atoms with Crippen molar-refractivity contribution >= 4 is 23.2 Å². The van der Waals surface area contributed by atoms with Gasteiger partial charge in [-0.05, 0) is 43.3 Å². The molecule has 2 fully saturated rings. The molecule has 0 spiro atoms. The fourth-order valence-corrected chi connectivity index (χ4v) is 7.05. The highest BCUT2D eigenvalue weighted by molar-refractivity contribution is 6.26. The van der Waals surface area contributed by atoms with Gasteiger partial charge in [-0.1, -0.05) is 26.0 Å². The smallest absolute Gasteiger partial charge is 0.190 e. The summed E-state index contributed by atoms with van der Waals surface area (Å²) in [6.45, 7) is 2.94. The maximum absolute atomic E-state index is 15.8. The van der Waals surface area contributed by atoms with Crippen LogP contribution in [0.5, 0.6) is 0 Å². The van der Waals surface area contributed by atoms with Gasteiger partial charge >= 0.3 is 0 Å². The number of carbonyl (C=O) groups is 2. The first kappa shape index (κ1) is 19.3. The van der Waals surface area contributed by atoms with Crippen LogP contribution in [0.1, 0.15) is 46.0 Å². The van der Waals surface area contributed by atoms with E-state index in [9.17, 15) is 19.8 Å². The highest BCUT2D eigenvalue weighted by atomic mass is 35.5. The van der Waals surface area contributed by atoms with E-state index >= 15 is 4.39 Å². The van der Waals surface area contributed by atoms with Crippen molar-refractivity contribution in [3.63, 3.8) is 0 Å². The Morgan fingerprint density at radius 1 is 1.37 bits per heavy atom. The lowest BCUT2D eigenvalue weighted by Crippen LogP contribution is -2.67. The van der Waals surface area contributed by atoms with Crippen molar-refractivity contribution in [3.05, 3.63) is 23.8 Å². The summed E-state index contributed by atoms with van der Waals surface area (Å²) in [5, 5.41) is 20.5. The Kier molecular flexibility index (Phi) is 4.10. The van der Waals surface area contributed by atoms with Gasteiger partial charge in [0.05, 0.1) is 4.87 Å². The average Bonchev–Trinajstić information content (AvgIpc) is 2.88. The maximum Gasteiger partial charge on any atom is 0.190 e. The van der Waals surface area contributed by atoms with E-state index in [-0.39, 0.29) is 30.5 Å². The monoisotopic (exact) mass is 396 g/mol. The van der Waals surface area contributed by atoms with E-state index in [0.29, 0.717) is 19.3 Å². The zero-order valence-corrected chi connectivity index (χ0v) is 16.4. The van der Waals surface area contributed by atoms with E-state index in [1.54, 1.807) is 13.0 Å². The first-order chi connectivity index (χ1) is 12.5. The number of allylic oxidation sites excluding steroid dienone is 4. The molecule has 4 nitrogen and oxygen atoms in total. The van der Waals surface area contributed by atoms with Crippen molar-refractivity contribution < 1.29 is 24.2 Å². The van der Waals surface area contributed by atoms with Gasteiger partial charge in [-0.2, -0.15) is 0 Å². The van der Waals surface area contributed by atoms with Crippen LogP contribution in [-0.4, -0.2) is 45.0 Å². The quantitative estimate of drug-likeness (QED) is 0.704. The van der Waals surface area contributed by atoms with Crippen LogP contribution in [0.25, 0.3) is 0 Å². The lowest BCUT2D eigenvalue weighted by Gasteiger charge is -2.62. The Morgan fingerprint density at radius 2 is 2.07 bits per heavy atom. The van der Waals surface area contributed by atoms with Gasteiger partial charge in [0, 0.05) is 23.2 Å². The van der Waals surface area contributed by atoms with Crippen LogP contribution in [0, 0.1) is 22.7 Å². The molecule has 0 aromatic carbocycles. The number of halogens is 2. The molecule has 0 unspecified atom stereocenters. The van der Waals surface area contributed by atoms with Crippen LogP contribution in [-0.2, 0) is 9.59 Å². The van der Waals surface area contributed by atoms with Gasteiger partial charge in [0.15, 0.2) is 11.6 Å². The Hall–Kier alpha value is -1.04. The van der Waals surface area contributed by atoms with Gasteiger partial charge < -0.3 is 10.2 Å². The fraction of sp³-hybridized carbons (Fsp3) is 0.714. The van der Waals surface area contributed by atoms with Crippen LogP contribution in [0.4, 0.5) is 4.39 Å². The highest BCUT2D eigenvalue weighted by Gasteiger charge is 2.73. The van der Waals surface area contributed by atoms with E-state index < -0.39 is 39.9 Å².